The summed E-state index contributed by atoms with van der Waals surface area (Å²) < 4.78 is 12.4. The molecule has 0 spiro atoms. The molecule has 23 heavy (non-hydrogen) atoms. The molecule has 5 rings (SSSR count). The fourth-order valence-electron chi connectivity index (χ4n) is 3.74. The van der Waals surface area contributed by atoms with Crippen molar-refractivity contribution in [2.45, 2.75) is 38.0 Å². The standard InChI is InChI=1S/C16H17N3O3S/c1-8-6-11-10(7-22-8)17-15(20)19(11)16-18-14-9-4-5-21-12(9)2-3-13(14)23-16/h2-3,8,10-11H,4-7H2,1H3,(H,17,20)/t8-,10+,11-/m1/s1. The summed E-state index contributed by atoms with van der Waals surface area (Å²) >= 11 is 1.58. The van der Waals surface area contributed by atoms with Gasteiger partial charge >= 0.3 is 6.03 Å². The second-order valence-electron chi connectivity index (χ2n) is 6.36. The molecule has 2 aromatic rings. The van der Waals surface area contributed by atoms with Crippen LogP contribution in [-0.2, 0) is 11.2 Å². The Morgan fingerprint density at radius 3 is 3.26 bits per heavy atom. The maximum atomic E-state index is 12.5. The number of fused-ring (bicyclic) bond motifs is 4. The van der Waals surface area contributed by atoms with E-state index in [4.69, 9.17) is 14.5 Å². The van der Waals surface area contributed by atoms with E-state index in [1.165, 1.54) is 5.56 Å². The number of nitrogens with one attached hydrogen (secondary N) is 1. The Hall–Kier alpha value is -1.86. The highest BCUT2D eigenvalue weighted by Gasteiger charge is 2.45. The number of ether oxygens (including phenoxy) is 2. The normalized spacial score (nSPS) is 29.3. The van der Waals surface area contributed by atoms with Gasteiger partial charge in [-0.05, 0) is 25.5 Å². The number of benzene rings is 1. The molecule has 7 heteroatoms. The molecule has 3 aliphatic rings. The van der Waals surface area contributed by atoms with E-state index in [1.54, 1.807) is 11.3 Å². The van der Waals surface area contributed by atoms with Crippen LogP contribution in [0, 0.1) is 0 Å². The van der Waals surface area contributed by atoms with Crippen LogP contribution in [-0.4, -0.2) is 42.4 Å². The quantitative estimate of drug-likeness (QED) is 0.871. The number of urea groups is 1. The third-order valence-corrected chi connectivity index (χ3v) is 5.90. The summed E-state index contributed by atoms with van der Waals surface area (Å²) in [5.74, 6) is 0.929. The van der Waals surface area contributed by atoms with Gasteiger partial charge in [0, 0.05) is 12.0 Å². The number of nitrogens with zero attached hydrogens (tertiary/aromatic N) is 2. The summed E-state index contributed by atoms with van der Waals surface area (Å²) in [5, 5.41) is 3.80. The SMILES string of the molecule is C[C@@H]1C[C@@H]2[C@H](CO1)NC(=O)N2c1nc2c3c(ccc2s1)OCC3. The molecule has 3 atom stereocenters. The highest BCUT2D eigenvalue weighted by Crippen LogP contribution is 2.39. The van der Waals surface area contributed by atoms with E-state index in [0.717, 1.165) is 33.9 Å². The van der Waals surface area contributed by atoms with Crippen LogP contribution in [0.2, 0.25) is 0 Å². The van der Waals surface area contributed by atoms with Gasteiger partial charge in [0.15, 0.2) is 5.13 Å². The largest absolute Gasteiger partial charge is 0.493 e. The van der Waals surface area contributed by atoms with E-state index in [0.29, 0.717) is 13.2 Å². The van der Waals surface area contributed by atoms with Gasteiger partial charge < -0.3 is 14.8 Å². The van der Waals surface area contributed by atoms with Crippen LogP contribution in [0.15, 0.2) is 12.1 Å². The number of amides is 2. The van der Waals surface area contributed by atoms with E-state index >= 15 is 0 Å². The van der Waals surface area contributed by atoms with Gasteiger partial charge in [-0.15, -0.1) is 0 Å². The lowest BCUT2D eigenvalue weighted by molar-refractivity contribution is 0.00885. The van der Waals surface area contributed by atoms with Crippen LogP contribution in [0.5, 0.6) is 5.75 Å². The van der Waals surface area contributed by atoms with Crippen LogP contribution >= 0.6 is 11.3 Å². The molecule has 1 aromatic carbocycles. The number of carbonyl (C=O) groups excluding carboxylic acids is 1. The number of aromatic nitrogens is 1. The van der Waals surface area contributed by atoms with Crippen LogP contribution in [0.1, 0.15) is 18.9 Å². The first-order chi connectivity index (χ1) is 11.2. The van der Waals surface area contributed by atoms with E-state index in [-0.39, 0.29) is 24.2 Å². The van der Waals surface area contributed by atoms with E-state index < -0.39 is 0 Å². The molecule has 3 aliphatic heterocycles. The zero-order valence-corrected chi connectivity index (χ0v) is 13.6. The molecular formula is C16H17N3O3S. The van der Waals surface area contributed by atoms with Crippen LogP contribution in [0.3, 0.4) is 0 Å². The third kappa shape index (κ3) is 1.96. The zero-order valence-electron chi connectivity index (χ0n) is 12.7. The minimum atomic E-state index is -0.0651. The number of thiazole rings is 1. The zero-order chi connectivity index (χ0) is 15.6. The van der Waals surface area contributed by atoms with Gasteiger partial charge in [0.1, 0.15) is 5.75 Å². The first-order valence-corrected chi connectivity index (χ1v) is 8.79. The molecule has 0 saturated carbocycles. The minimum absolute atomic E-state index is 0.0553. The molecule has 2 saturated heterocycles. The monoisotopic (exact) mass is 331 g/mol. The Labute approximate surface area is 137 Å². The molecule has 4 heterocycles. The van der Waals surface area contributed by atoms with E-state index in [9.17, 15) is 4.79 Å². The molecule has 2 fully saturated rings. The van der Waals surface area contributed by atoms with Gasteiger partial charge in [0.2, 0.25) is 0 Å². The Balaban J connectivity index is 1.58. The van der Waals surface area contributed by atoms with Gasteiger partial charge in [0.25, 0.3) is 0 Å². The predicted molar refractivity (Wildman–Crippen MR) is 87.4 cm³/mol. The van der Waals surface area contributed by atoms with E-state index in [2.05, 4.69) is 12.2 Å². The highest BCUT2D eigenvalue weighted by molar-refractivity contribution is 7.22. The minimum Gasteiger partial charge on any atom is -0.493 e. The first kappa shape index (κ1) is 13.6. The summed E-state index contributed by atoms with van der Waals surface area (Å²) in [6.45, 7) is 3.34. The topological polar surface area (TPSA) is 63.7 Å². The third-order valence-electron chi connectivity index (χ3n) is 4.88. The summed E-state index contributed by atoms with van der Waals surface area (Å²) in [7, 11) is 0. The predicted octanol–water partition coefficient (Wildman–Crippen LogP) is 2.31. The molecule has 1 N–H and O–H groups in total. The summed E-state index contributed by atoms with van der Waals surface area (Å²) in [6.07, 6.45) is 1.89. The smallest absolute Gasteiger partial charge is 0.324 e. The summed E-state index contributed by atoms with van der Waals surface area (Å²) in [6, 6.07) is 4.16. The van der Waals surface area contributed by atoms with Crippen molar-refractivity contribution in [3.8, 4) is 5.75 Å². The summed E-state index contributed by atoms with van der Waals surface area (Å²) in [4.78, 5) is 19.1. The second kappa shape index (κ2) is 4.82. The van der Waals surface area contributed by atoms with Gasteiger partial charge in [-0.2, -0.15) is 0 Å². The molecule has 1 aromatic heterocycles. The lowest BCUT2D eigenvalue weighted by Crippen LogP contribution is -2.46. The number of rotatable bonds is 1. The average molecular weight is 331 g/mol. The Morgan fingerprint density at radius 2 is 2.35 bits per heavy atom. The molecule has 0 aliphatic carbocycles. The number of carbonyl (C=O) groups is 1. The van der Waals surface area contributed by atoms with Gasteiger partial charge in [-0.25, -0.2) is 9.78 Å². The maximum absolute atomic E-state index is 12.5. The number of anilines is 1. The first-order valence-electron chi connectivity index (χ1n) is 7.97. The van der Waals surface area contributed by atoms with Crippen molar-refractivity contribution >= 4 is 32.7 Å². The molecule has 2 amide bonds. The Kier molecular flexibility index (Phi) is 2.84. The van der Waals surface area contributed by atoms with Crippen molar-refractivity contribution in [2.24, 2.45) is 0 Å². The van der Waals surface area contributed by atoms with Crippen molar-refractivity contribution in [3.63, 3.8) is 0 Å². The lowest BCUT2D eigenvalue weighted by atomic mass is 10.0. The summed E-state index contributed by atoms with van der Waals surface area (Å²) in [5.41, 5.74) is 2.15. The van der Waals surface area contributed by atoms with Crippen LogP contribution in [0.4, 0.5) is 9.93 Å². The van der Waals surface area contributed by atoms with Crippen molar-refractivity contribution in [2.75, 3.05) is 18.1 Å². The van der Waals surface area contributed by atoms with Gasteiger partial charge in [0.05, 0.1) is 41.6 Å². The molecule has 0 radical (unpaired) electrons. The fourth-order valence-corrected chi connectivity index (χ4v) is 4.79. The van der Waals surface area contributed by atoms with Gasteiger partial charge in [-0.1, -0.05) is 11.3 Å². The second-order valence-corrected chi connectivity index (χ2v) is 7.37. The molecule has 0 bridgehead atoms. The Morgan fingerprint density at radius 1 is 1.43 bits per heavy atom. The van der Waals surface area contributed by atoms with Crippen molar-refractivity contribution < 1.29 is 14.3 Å². The highest BCUT2D eigenvalue weighted by atomic mass is 32.1. The van der Waals surface area contributed by atoms with Crippen LogP contribution < -0.4 is 15.0 Å². The van der Waals surface area contributed by atoms with Gasteiger partial charge in [-0.3, -0.25) is 4.90 Å². The molecular weight excluding hydrogens is 314 g/mol. The van der Waals surface area contributed by atoms with Crippen LogP contribution in [0.25, 0.3) is 10.2 Å². The van der Waals surface area contributed by atoms with Crippen molar-refractivity contribution in [1.29, 1.82) is 0 Å². The van der Waals surface area contributed by atoms with Crippen molar-refractivity contribution in [3.05, 3.63) is 17.7 Å². The number of hydrogen-bond acceptors (Lipinski definition) is 5. The Bertz CT molecular complexity index is 805. The molecule has 6 nitrogen and oxygen atoms in total. The average Bonchev–Trinajstić information content (AvgIpc) is 3.20. The molecule has 0 unspecified atom stereocenters. The number of hydrogen-bond donors (Lipinski definition) is 1. The molecule has 120 valence electrons. The fraction of sp³-hybridized carbons (Fsp3) is 0.500. The lowest BCUT2D eigenvalue weighted by Gasteiger charge is -2.32. The maximum Gasteiger partial charge on any atom is 0.324 e. The van der Waals surface area contributed by atoms with Crippen molar-refractivity contribution in [1.82, 2.24) is 10.3 Å². The van der Waals surface area contributed by atoms with E-state index in [1.807, 2.05) is 17.0 Å².